The van der Waals surface area contributed by atoms with Gasteiger partial charge >= 0.3 is 0 Å². The molecule has 0 amide bonds. The summed E-state index contributed by atoms with van der Waals surface area (Å²) in [4.78, 5) is 4.66. The Morgan fingerprint density at radius 1 is 1.31 bits per heavy atom. The number of hydrogen-bond donors (Lipinski definition) is 3. The largest absolute Gasteiger partial charge is 0.373 e. The molecular formula is C18H28N4O3S. The van der Waals surface area contributed by atoms with Gasteiger partial charge < -0.3 is 15.4 Å². The van der Waals surface area contributed by atoms with E-state index in [1.807, 2.05) is 31.2 Å². The molecular weight excluding hydrogens is 352 g/mol. The van der Waals surface area contributed by atoms with Crippen LogP contribution in [0.1, 0.15) is 37.3 Å². The molecule has 2 bridgehead atoms. The first kappa shape index (κ1) is 19.1. The van der Waals surface area contributed by atoms with E-state index >= 15 is 0 Å². The molecule has 144 valence electrons. The van der Waals surface area contributed by atoms with E-state index in [0.29, 0.717) is 24.8 Å². The number of hydrogen-bond acceptors (Lipinski definition) is 4. The first-order chi connectivity index (χ1) is 12.5. The molecule has 0 radical (unpaired) electrons. The van der Waals surface area contributed by atoms with E-state index in [0.717, 1.165) is 36.5 Å². The van der Waals surface area contributed by atoms with Crippen LogP contribution < -0.4 is 15.4 Å². The number of benzene rings is 1. The summed E-state index contributed by atoms with van der Waals surface area (Å²) in [6.07, 6.45) is 4.00. The molecule has 0 spiro atoms. The third kappa shape index (κ3) is 4.96. The van der Waals surface area contributed by atoms with Crippen LogP contribution in [-0.4, -0.2) is 46.2 Å². The van der Waals surface area contributed by atoms with Crippen LogP contribution in [0.4, 0.5) is 0 Å². The maximum absolute atomic E-state index is 11.7. The van der Waals surface area contributed by atoms with Gasteiger partial charge in [-0.3, -0.25) is 0 Å². The summed E-state index contributed by atoms with van der Waals surface area (Å²) < 4.78 is 31.7. The molecule has 2 saturated heterocycles. The van der Waals surface area contributed by atoms with E-state index in [9.17, 15) is 8.42 Å². The molecule has 0 aliphatic carbocycles. The highest BCUT2D eigenvalue weighted by molar-refractivity contribution is 7.88. The molecule has 0 saturated carbocycles. The van der Waals surface area contributed by atoms with Crippen molar-refractivity contribution in [3.05, 3.63) is 35.4 Å². The molecule has 2 fully saturated rings. The van der Waals surface area contributed by atoms with E-state index in [1.54, 1.807) is 0 Å². The molecule has 2 aliphatic rings. The van der Waals surface area contributed by atoms with Crippen LogP contribution in [0.5, 0.6) is 0 Å². The average Bonchev–Trinajstić information content (AvgIpc) is 3.23. The van der Waals surface area contributed by atoms with Gasteiger partial charge in [0, 0.05) is 6.54 Å². The molecule has 0 aromatic heterocycles. The second-order valence-corrected chi connectivity index (χ2v) is 8.77. The molecule has 7 nitrogen and oxygen atoms in total. The molecule has 8 heteroatoms. The smallest absolute Gasteiger partial charge is 0.215 e. The van der Waals surface area contributed by atoms with Crippen molar-refractivity contribution in [2.24, 2.45) is 4.99 Å². The zero-order chi connectivity index (χ0) is 18.6. The Morgan fingerprint density at radius 2 is 2.12 bits per heavy atom. The van der Waals surface area contributed by atoms with Gasteiger partial charge in [-0.25, -0.2) is 18.1 Å². The maximum Gasteiger partial charge on any atom is 0.215 e. The third-order valence-electron chi connectivity index (χ3n) is 4.85. The molecule has 3 atom stereocenters. The predicted octanol–water partition coefficient (Wildman–Crippen LogP) is 1.11. The third-order valence-corrected chi connectivity index (χ3v) is 6.19. The van der Waals surface area contributed by atoms with Gasteiger partial charge in [-0.1, -0.05) is 24.3 Å². The van der Waals surface area contributed by atoms with E-state index in [2.05, 4.69) is 20.3 Å². The fraction of sp³-hybridized carbons (Fsp3) is 0.611. The lowest BCUT2D eigenvalue weighted by atomic mass is 9.96. The van der Waals surface area contributed by atoms with Gasteiger partial charge in [-0.15, -0.1) is 0 Å². The van der Waals surface area contributed by atoms with Crippen LogP contribution in [0.15, 0.2) is 29.3 Å². The zero-order valence-corrected chi connectivity index (χ0v) is 16.2. The number of fused-ring (bicyclic) bond motifs is 2. The minimum atomic E-state index is -3.27. The van der Waals surface area contributed by atoms with Crippen LogP contribution >= 0.6 is 0 Å². The number of sulfonamides is 1. The van der Waals surface area contributed by atoms with Gasteiger partial charge in [-0.2, -0.15) is 0 Å². The summed E-state index contributed by atoms with van der Waals surface area (Å²) in [5, 5.41) is 6.77. The minimum absolute atomic E-state index is 0.0259. The van der Waals surface area contributed by atoms with Gasteiger partial charge in [0.1, 0.15) is 0 Å². The number of aliphatic imine (C=N–C) groups is 1. The Kier molecular flexibility index (Phi) is 6.16. The molecule has 2 aliphatic heterocycles. The highest BCUT2D eigenvalue weighted by Gasteiger charge is 2.41. The predicted molar refractivity (Wildman–Crippen MR) is 102 cm³/mol. The van der Waals surface area contributed by atoms with E-state index in [1.165, 1.54) is 13.5 Å². The monoisotopic (exact) mass is 380 g/mol. The SMILES string of the molecule is CCNC(=NCc1cccc(CS(=O)(=O)NC)c1)NC1CC2CCC1O2. The zero-order valence-electron chi connectivity index (χ0n) is 15.4. The second-order valence-electron chi connectivity index (χ2n) is 6.84. The molecule has 3 unspecified atom stereocenters. The number of rotatable bonds is 7. The Hall–Kier alpha value is -1.64. The van der Waals surface area contributed by atoms with Gasteiger partial charge in [0.05, 0.1) is 30.5 Å². The first-order valence-corrected chi connectivity index (χ1v) is 10.8. The lowest BCUT2D eigenvalue weighted by Crippen LogP contribution is -2.47. The summed E-state index contributed by atoms with van der Waals surface area (Å²) in [6.45, 7) is 3.32. The summed E-state index contributed by atoms with van der Waals surface area (Å²) in [5.74, 6) is 0.754. The van der Waals surface area contributed by atoms with Crippen LogP contribution in [0.25, 0.3) is 0 Å². The molecule has 3 N–H and O–H groups in total. The Balaban J connectivity index is 1.64. The lowest BCUT2D eigenvalue weighted by molar-refractivity contribution is 0.0992. The number of guanidine groups is 1. The van der Waals surface area contributed by atoms with Crippen molar-refractivity contribution in [3.63, 3.8) is 0 Å². The topological polar surface area (TPSA) is 91.8 Å². The van der Waals surface area contributed by atoms with Crippen molar-refractivity contribution in [2.75, 3.05) is 13.6 Å². The van der Waals surface area contributed by atoms with Crippen molar-refractivity contribution in [1.29, 1.82) is 0 Å². The van der Waals surface area contributed by atoms with Crippen molar-refractivity contribution >= 4 is 16.0 Å². The minimum Gasteiger partial charge on any atom is -0.373 e. The Labute approximate surface area is 155 Å². The van der Waals surface area contributed by atoms with Crippen molar-refractivity contribution in [1.82, 2.24) is 15.4 Å². The Bertz CT molecular complexity index is 751. The van der Waals surface area contributed by atoms with Gasteiger partial charge in [0.25, 0.3) is 0 Å². The highest BCUT2D eigenvalue weighted by Crippen LogP contribution is 2.34. The second kappa shape index (κ2) is 8.37. The van der Waals surface area contributed by atoms with Gasteiger partial charge in [0.2, 0.25) is 10.0 Å². The molecule has 3 rings (SSSR count). The van der Waals surface area contributed by atoms with E-state index in [-0.39, 0.29) is 5.75 Å². The average molecular weight is 381 g/mol. The van der Waals surface area contributed by atoms with Gasteiger partial charge in [0.15, 0.2) is 5.96 Å². The van der Waals surface area contributed by atoms with Crippen LogP contribution in [0.3, 0.4) is 0 Å². The van der Waals surface area contributed by atoms with Crippen molar-refractivity contribution < 1.29 is 13.2 Å². The summed E-state index contributed by atoms with van der Waals surface area (Å²) in [6, 6.07) is 7.86. The first-order valence-electron chi connectivity index (χ1n) is 9.18. The van der Waals surface area contributed by atoms with Crippen LogP contribution in [0.2, 0.25) is 0 Å². The number of nitrogens with zero attached hydrogens (tertiary/aromatic N) is 1. The fourth-order valence-electron chi connectivity index (χ4n) is 3.57. The maximum atomic E-state index is 11.7. The van der Waals surface area contributed by atoms with Crippen LogP contribution in [0, 0.1) is 0 Å². The fourth-order valence-corrected chi connectivity index (χ4v) is 4.33. The van der Waals surface area contributed by atoms with Crippen LogP contribution in [-0.2, 0) is 27.1 Å². The standard InChI is InChI=1S/C18H28N4O3S/c1-3-20-18(22-16-10-15-7-8-17(16)25-15)21-11-13-5-4-6-14(9-13)12-26(23,24)19-2/h4-6,9,15-17,19H,3,7-8,10-12H2,1-2H3,(H2,20,21,22). The highest BCUT2D eigenvalue weighted by atomic mass is 32.2. The number of ether oxygens (including phenoxy) is 1. The van der Waals surface area contributed by atoms with Crippen molar-refractivity contribution in [2.45, 2.75) is 56.7 Å². The normalized spacial score (nSPS) is 25.5. The Morgan fingerprint density at radius 3 is 2.77 bits per heavy atom. The molecule has 1 aromatic rings. The van der Waals surface area contributed by atoms with E-state index < -0.39 is 10.0 Å². The number of nitrogens with one attached hydrogen (secondary N) is 3. The molecule has 1 aromatic carbocycles. The molecule has 26 heavy (non-hydrogen) atoms. The van der Waals surface area contributed by atoms with E-state index in [4.69, 9.17) is 4.74 Å². The molecule has 2 heterocycles. The summed E-state index contributed by atoms with van der Waals surface area (Å²) in [5.41, 5.74) is 1.74. The van der Waals surface area contributed by atoms with Crippen molar-refractivity contribution in [3.8, 4) is 0 Å². The quantitative estimate of drug-likeness (QED) is 0.487. The van der Waals surface area contributed by atoms with Gasteiger partial charge in [-0.05, 0) is 44.4 Å². The lowest BCUT2D eigenvalue weighted by Gasteiger charge is -2.22. The summed E-state index contributed by atoms with van der Waals surface area (Å²) >= 11 is 0. The summed E-state index contributed by atoms with van der Waals surface area (Å²) in [7, 11) is -1.85.